The molecule has 3 nitrogen and oxygen atoms in total. The second-order valence-corrected chi connectivity index (χ2v) is 18.3. The normalized spacial score (nSPS) is 13.1. The van der Waals surface area contributed by atoms with Crippen molar-refractivity contribution in [2.45, 2.75) is 5.41 Å². The maximum absolute atomic E-state index is 6.62. The van der Waals surface area contributed by atoms with Crippen LogP contribution in [-0.2, 0) is 5.41 Å². The number of rotatable bonds is 5. The van der Waals surface area contributed by atoms with Crippen molar-refractivity contribution in [2.75, 3.05) is 4.90 Å². The third kappa shape index (κ3) is 5.07. The Balaban J connectivity index is 0.964. The number of hydrogen-bond donors (Lipinski definition) is 0. The van der Waals surface area contributed by atoms with Gasteiger partial charge in [0.15, 0.2) is 0 Å². The Morgan fingerprint density at radius 2 is 0.853 bits per heavy atom. The minimum Gasteiger partial charge on any atom is -0.456 e. The van der Waals surface area contributed by atoms with E-state index in [0.29, 0.717) is 0 Å². The summed E-state index contributed by atoms with van der Waals surface area (Å²) in [6, 6.07) is 86.5. The molecular formula is C65H39NO2. The lowest BCUT2D eigenvalue weighted by Crippen LogP contribution is -2.26. The Hall–Kier alpha value is -8.92. The number of hydrogen-bond acceptors (Lipinski definition) is 3. The predicted octanol–water partition coefficient (Wildman–Crippen LogP) is 17.8. The van der Waals surface area contributed by atoms with E-state index < -0.39 is 5.41 Å². The summed E-state index contributed by atoms with van der Waals surface area (Å²) < 4.78 is 12.8. The summed E-state index contributed by atoms with van der Waals surface area (Å²) in [6.45, 7) is 0. The van der Waals surface area contributed by atoms with Crippen molar-refractivity contribution in [3.8, 4) is 44.5 Å². The van der Waals surface area contributed by atoms with Gasteiger partial charge in [0.2, 0.25) is 0 Å². The number of benzene rings is 11. The van der Waals surface area contributed by atoms with Gasteiger partial charge in [-0.2, -0.15) is 0 Å². The first-order valence-corrected chi connectivity index (χ1v) is 23.4. The molecule has 2 aromatic heterocycles. The molecule has 11 aromatic carbocycles. The molecule has 0 radical (unpaired) electrons. The molecule has 13 aromatic rings. The van der Waals surface area contributed by atoms with Gasteiger partial charge in [-0.3, -0.25) is 0 Å². The van der Waals surface area contributed by atoms with Gasteiger partial charge in [-0.1, -0.05) is 176 Å². The zero-order valence-corrected chi connectivity index (χ0v) is 36.8. The number of furan rings is 2. The average Bonchev–Trinajstić information content (AvgIpc) is 4.14. The van der Waals surface area contributed by atoms with Gasteiger partial charge in [0.1, 0.15) is 22.3 Å². The molecule has 0 saturated carbocycles. The fourth-order valence-electron chi connectivity index (χ4n) is 12.0. The van der Waals surface area contributed by atoms with E-state index in [1.165, 1.54) is 49.9 Å². The molecule has 0 fully saturated rings. The molecule has 1 spiro atoms. The van der Waals surface area contributed by atoms with Crippen LogP contribution in [0.1, 0.15) is 22.3 Å². The monoisotopic (exact) mass is 865 g/mol. The van der Waals surface area contributed by atoms with E-state index in [-0.39, 0.29) is 0 Å². The van der Waals surface area contributed by atoms with E-state index in [9.17, 15) is 0 Å². The van der Waals surface area contributed by atoms with Crippen LogP contribution in [0, 0.1) is 0 Å². The molecule has 316 valence electrons. The number of para-hydroxylation sites is 2. The molecule has 0 aliphatic heterocycles. The standard InChI is InChI=1S/C65H39NO2/c1-2-16-46-41(14-1)30-35-50-53-39-43(32-37-62(53)68-64(46)50)45-15-6-11-25-58(45)66(44-33-28-40(29-34-44)42-31-36-61-52(38-42)49-19-7-12-27-60(49)67-61)59-26-13-24-57-63(59)51-20-5-10-23-56(51)65(57)54-21-8-3-17-47(54)48-18-4-9-22-55(48)65/h1-39H. The van der Waals surface area contributed by atoms with Crippen molar-refractivity contribution < 1.29 is 8.83 Å². The summed E-state index contributed by atoms with van der Waals surface area (Å²) in [5, 5.41) is 6.76. The Morgan fingerprint density at radius 1 is 0.309 bits per heavy atom. The van der Waals surface area contributed by atoms with Crippen molar-refractivity contribution in [2.24, 2.45) is 0 Å². The summed E-state index contributed by atoms with van der Waals surface area (Å²) in [5.41, 5.74) is 21.3. The van der Waals surface area contributed by atoms with Crippen molar-refractivity contribution in [1.29, 1.82) is 0 Å². The van der Waals surface area contributed by atoms with Gasteiger partial charge < -0.3 is 13.7 Å². The summed E-state index contributed by atoms with van der Waals surface area (Å²) in [7, 11) is 0. The zero-order valence-electron chi connectivity index (χ0n) is 36.8. The number of nitrogens with zero attached hydrogens (tertiary/aromatic N) is 1. The Labute approximate surface area is 392 Å². The lowest BCUT2D eigenvalue weighted by molar-refractivity contribution is 0.669. The molecule has 0 bridgehead atoms. The van der Waals surface area contributed by atoms with Crippen LogP contribution in [0.2, 0.25) is 0 Å². The second-order valence-electron chi connectivity index (χ2n) is 18.3. The van der Waals surface area contributed by atoms with E-state index in [1.807, 2.05) is 12.1 Å². The van der Waals surface area contributed by atoms with Crippen LogP contribution in [-0.4, -0.2) is 0 Å². The van der Waals surface area contributed by atoms with Crippen LogP contribution in [0.5, 0.6) is 0 Å². The van der Waals surface area contributed by atoms with Crippen LogP contribution in [0.25, 0.3) is 99.2 Å². The predicted molar refractivity (Wildman–Crippen MR) is 280 cm³/mol. The van der Waals surface area contributed by atoms with E-state index in [2.05, 4.69) is 229 Å². The van der Waals surface area contributed by atoms with Gasteiger partial charge in [-0.25, -0.2) is 0 Å². The summed E-state index contributed by atoms with van der Waals surface area (Å²) >= 11 is 0. The van der Waals surface area contributed by atoms with Gasteiger partial charge in [-0.15, -0.1) is 0 Å². The minimum atomic E-state index is -0.475. The molecular weight excluding hydrogens is 827 g/mol. The van der Waals surface area contributed by atoms with Crippen LogP contribution < -0.4 is 4.90 Å². The highest BCUT2D eigenvalue weighted by Crippen LogP contribution is 2.65. The van der Waals surface area contributed by atoms with Crippen molar-refractivity contribution in [3.05, 3.63) is 259 Å². The topological polar surface area (TPSA) is 29.5 Å². The molecule has 3 heteroatoms. The van der Waals surface area contributed by atoms with Crippen LogP contribution in [0.4, 0.5) is 17.1 Å². The molecule has 0 saturated heterocycles. The molecule has 2 aliphatic rings. The van der Waals surface area contributed by atoms with Gasteiger partial charge in [0, 0.05) is 43.7 Å². The third-order valence-corrected chi connectivity index (χ3v) is 14.9. The average molecular weight is 866 g/mol. The first-order chi connectivity index (χ1) is 33.7. The number of fused-ring (bicyclic) bond motifs is 18. The first-order valence-electron chi connectivity index (χ1n) is 23.4. The third-order valence-electron chi connectivity index (χ3n) is 14.9. The summed E-state index contributed by atoms with van der Waals surface area (Å²) in [6.07, 6.45) is 0. The quantitative estimate of drug-likeness (QED) is 0.173. The molecule has 15 rings (SSSR count). The molecule has 2 aliphatic carbocycles. The largest absolute Gasteiger partial charge is 0.456 e. The maximum atomic E-state index is 6.62. The van der Waals surface area contributed by atoms with E-state index in [0.717, 1.165) is 88.6 Å². The fraction of sp³-hybridized carbons (Fsp3) is 0.0154. The second kappa shape index (κ2) is 14.0. The highest BCUT2D eigenvalue weighted by molar-refractivity contribution is 6.16. The van der Waals surface area contributed by atoms with E-state index in [1.54, 1.807) is 0 Å². The fourth-order valence-corrected chi connectivity index (χ4v) is 12.0. The lowest BCUT2D eigenvalue weighted by atomic mass is 9.70. The first kappa shape index (κ1) is 37.3. The van der Waals surface area contributed by atoms with Gasteiger partial charge >= 0.3 is 0 Å². The molecule has 0 amide bonds. The Kier molecular flexibility index (Phi) is 7.71. The maximum Gasteiger partial charge on any atom is 0.143 e. The number of anilines is 3. The van der Waals surface area contributed by atoms with Crippen LogP contribution in [0.15, 0.2) is 245 Å². The van der Waals surface area contributed by atoms with Gasteiger partial charge in [0.05, 0.1) is 16.8 Å². The van der Waals surface area contributed by atoms with Crippen molar-refractivity contribution in [3.63, 3.8) is 0 Å². The molecule has 2 heterocycles. The van der Waals surface area contributed by atoms with E-state index in [4.69, 9.17) is 8.83 Å². The summed E-state index contributed by atoms with van der Waals surface area (Å²) in [5.74, 6) is 0. The smallest absolute Gasteiger partial charge is 0.143 e. The van der Waals surface area contributed by atoms with E-state index >= 15 is 0 Å². The summed E-state index contributed by atoms with van der Waals surface area (Å²) in [4.78, 5) is 2.50. The van der Waals surface area contributed by atoms with Crippen molar-refractivity contribution in [1.82, 2.24) is 0 Å². The van der Waals surface area contributed by atoms with Crippen LogP contribution in [0.3, 0.4) is 0 Å². The van der Waals surface area contributed by atoms with Gasteiger partial charge in [-0.05, 0) is 122 Å². The van der Waals surface area contributed by atoms with Crippen LogP contribution >= 0.6 is 0 Å². The highest BCUT2D eigenvalue weighted by Gasteiger charge is 2.52. The lowest BCUT2D eigenvalue weighted by Gasteiger charge is -2.32. The Morgan fingerprint density at radius 3 is 1.65 bits per heavy atom. The van der Waals surface area contributed by atoms with Gasteiger partial charge in [0.25, 0.3) is 0 Å². The molecule has 0 atom stereocenters. The molecule has 0 unspecified atom stereocenters. The highest BCUT2D eigenvalue weighted by atomic mass is 16.3. The molecule has 68 heavy (non-hydrogen) atoms. The SMILES string of the molecule is c1ccc(N(c2ccc(-c3ccc4oc5ccccc5c4c3)cc2)c2cccc3c2-c2ccccc2C32c3ccccc3-c3ccccc32)c(-c2ccc3oc4c5ccccc5ccc4c3c2)c1. The Bertz CT molecular complexity index is 4180. The minimum absolute atomic E-state index is 0.475. The molecule has 0 N–H and O–H groups in total. The van der Waals surface area contributed by atoms with Crippen molar-refractivity contribution >= 4 is 71.7 Å². The zero-order chi connectivity index (χ0) is 44.5.